The van der Waals surface area contributed by atoms with Crippen LogP contribution in [0.25, 0.3) is 0 Å². The third-order valence-corrected chi connectivity index (χ3v) is 3.99. The summed E-state index contributed by atoms with van der Waals surface area (Å²) in [4.78, 5) is 0. The van der Waals surface area contributed by atoms with Gasteiger partial charge in [-0.05, 0) is 39.0 Å². The predicted molar refractivity (Wildman–Crippen MR) is 63.1 cm³/mol. The number of hydrogen-bond donors (Lipinski definition) is 1. The van der Waals surface area contributed by atoms with Crippen molar-refractivity contribution in [2.24, 2.45) is 0 Å². The summed E-state index contributed by atoms with van der Waals surface area (Å²) in [5, 5.41) is 3.74. The molecule has 0 spiro atoms. The number of rotatable bonds is 3. The number of nitrogens with one attached hydrogen (secondary N) is 1. The van der Waals surface area contributed by atoms with Crippen molar-refractivity contribution in [3.8, 4) is 0 Å². The van der Waals surface area contributed by atoms with Crippen molar-refractivity contribution >= 4 is 0 Å². The average Bonchev–Trinajstić information content (AvgIpc) is 2.29. The van der Waals surface area contributed by atoms with E-state index in [1.807, 2.05) is 0 Å². The largest absolute Gasteiger partial charge is 0.377 e. The molecule has 1 saturated carbocycles. The molecular formula is C13H25NO. The van der Waals surface area contributed by atoms with E-state index in [1.54, 1.807) is 0 Å². The highest BCUT2D eigenvalue weighted by atomic mass is 16.5. The molecule has 1 N–H and O–H groups in total. The molecule has 88 valence electrons. The maximum atomic E-state index is 5.75. The Morgan fingerprint density at radius 3 is 2.60 bits per heavy atom. The topological polar surface area (TPSA) is 21.3 Å². The molecule has 2 heteroatoms. The second-order valence-electron chi connectivity index (χ2n) is 5.49. The second-order valence-corrected chi connectivity index (χ2v) is 5.49. The highest BCUT2D eigenvalue weighted by molar-refractivity contribution is 4.87. The molecule has 0 radical (unpaired) electrons. The second kappa shape index (κ2) is 5.31. The van der Waals surface area contributed by atoms with E-state index in [0.717, 1.165) is 13.2 Å². The Bertz CT molecular complexity index is 181. The normalized spacial score (nSPS) is 31.4. The van der Waals surface area contributed by atoms with Crippen molar-refractivity contribution < 1.29 is 4.74 Å². The molecule has 2 rings (SSSR count). The van der Waals surface area contributed by atoms with Gasteiger partial charge in [0, 0.05) is 18.7 Å². The molecule has 1 heterocycles. The monoisotopic (exact) mass is 211 g/mol. The summed E-state index contributed by atoms with van der Waals surface area (Å²) in [5.41, 5.74) is 0.402. The van der Waals surface area contributed by atoms with Gasteiger partial charge >= 0.3 is 0 Å². The maximum absolute atomic E-state index is 5.75. The SMILES string of the molecule is CC1(NCC2CCCCO2)CCCCC1. The molecule has 0 bridgehead atoms. The zero-order valence-electron chi connectivity index (χ0n) is 10.1. The van der Waals surface area contributed by atoms with Crippen molar-refractivity contribution in [2.75, 3.05) is 13.2 Å². The van der Waals surface area contributed by atoms with Gasteiger partial charge in [0.2, 0.25) is 0 Å². The van der Waals surface area contributed by atoms with Crippen LogP contribution < -0.4 is 5.32 Å². The molecule has 1 atom stereocenters. The summed E-state index contributed by atoms with van der Waals surface area (Å²) in [6.07, 6.45) is 11.3. The molecule has 2 aliphatic rings. The molecular weight excluding hydrogens is 186 g/mol. The highest BCUT2D eigenvalue weighted by Crippen LogP contribution is 2.27. The van der Waals surface area contributed by atoms with Crippen LogP contribution in [-0.4, -0.2) is 24.8 Å². The van der Waals surface area contributed by atoms with Crippen LogP contribution in [0.4, 0.5) is 0 Å². The minimum atomic E-state index is 0.402. The van der Waals surface area contributed by atoms with Crippen LogP contribution in [-0.2, 0) is 4.74 Å². The van der Waals surface area contributed by atoms with Crippen LogP contribution in [0.2, 0.25) is 0 Å². The van der Waals surface area contributed by atoms with Crippen LogP contribution in [0.5, 0.6) is 0 Å². The van der Waals surface area contributed by atoms with E-state index in [1.165, 1.54) is 51.4 Å². The highest BCUT2D eigenvalue weighted by Gasteiger charge is 2.27. The minimum Gasteiger partial charge on any atom is -0.377 e. The van der Waals surface area contributed by atoms with Gasteiger partial charge in [-0.25, -0.2) is 0 Å². The van der Waals surface area contributed by atoms with Gasteiger partial charge in [0.1, 0.15) is 0 Å². The molecule has 0 aromatic rings. The summed E-state index contributed by atoms with van der Waals surface area (Å²) >= 11 is 0. The Morgan fingerprint density at radius 2 is 1.93 bits per heavy atom. The number of hydrogen-bond acceptors (Lipinski definition) is 2. The molecule has 0 amide bonds. The van der Waals surface area contributed by atoms with E-state index >= 15 is 0 Å². The molecule has 15 heavy (non-hydrogen) atoms. The lowest BCUT2D eigenvalue weighted by atomic mass is 9.83. The predicted octanol–water partition coefficient (Wildman–Crippen LogP) is 2.87. The van der Waals surface area contributed by atoms with Crippen LogP contribution in [0.3, 0.4) is 0 Å². The first-order valence-electron chi connectivity index (χ1n) is 6.65. The molecule has 2 fully saturated rings. The summed E-state index contributed by atoms with van der Waals surface area (Å²) in [6.45, 7) is 4.43. The number of ether oxygens (including phenoxy) is 1. The zero-order valence-corrected chi connectivity index (χ0v) is 10.1. The van der Waals surface area contributed by atoms with Crippen molar-refractivity contribution in [1.29, 1.82) is 0 Å². The Balaban J connectivity index is 1.70. The van der Waals surface area contributed by atoms with Crippen molar-refractivity contribution in [2.45, 2.75) is 69.9 Å². The quantitative estimate of drug-likeness (QED) is 0.775. The van der Waals surface area contributed by atoms with Crippen LogP contribution in [0.1, 0.15) is 58.3 Å². The van der Waals surface area contributed by atoms with E-state index < -0.39 is 0 Å². The molecule has 1 saturated heterocycles. The summed E-state index contributed by atoms with van der Waals surface area (Å²) < 4.78 is 5.75. The summed E-state index contributed by atoms with van der Waals surface area (Å²) in [5.74, 6) is 0. The molecule has 0 aromatic carbocycles. The van der Waals surface area contributed by atoms with Crippen LogP contribution in [0, 0.1) is 0 Å². The molecule has 2 nitrogen and oxygen atoms in total. The van der Waals surface area contributed by atoms with E-state index in [-0.39, 0.29) is 0 Å². The van der Waals surface area contributed by atoms with Gasteiger partial charge in [0.25, 0.3) is 0 Å². The maximum Gasteiger partial charge on any atom is 0.0699 e. The van der Waals surface area contributed by atoms with Gasteiger partial charge < -0.3 is 10.1 Å². The van der Waals surface area contributed by atoms with E-state index in [2.05, 4.69) is 12.2 Å². The summed E-state index contributed by atoms with van der Waals surface area (Å²) in [7, 11) is 0. The first-order chi connectivity index (χ1) is 7.29. The van der Waals surface area contributed by atoms with Gasteiger partial charge in [-0.2, -0.15) is 0 Å². The third-order valence-electron chi connectivity index (χ3n) is 3.99. The smallest absolute Gasteiger partial charge is 0.0699 e. The average molecular weight is 211 g/mol. The first kappa shape index (κ1) is 11.4. The molecule has 1 aliphatic heterocycles. The van der Waals surface area contributed by atoms with Gasteiger partial charge in [-0.3, -0.25) is 0 Å². The van der Waals surface area contributed by atoms with E-state index in [9.17, 15) is 0 Å². The van der Waals surface area contributed by atoms with Gasteiger partial charge in [-0.1, -0.05) is 19.3 Å². The molecule has 1 aliphatic carbocycles. The Hall–Kier alpha value is -0.0800. The van der Waals surface area contributed by atoms with Crippen molar-refractivity contribution in [1.82, 2.24) is 5.32 Å². The van der Waals surface area contributed by atoms with Gasteiger partial charge in [0.15, 0.2) is 0 Å². The zero-order chi connectivity index (χ0) is 10.6. The van der Waals surface area contributed by atoms with E-state index in [0.29, 0.717) is 11.6 Å². The Morgan fingerprint density at radius 1 is 1.13 bits per heavy atom. The van der Waals surface area contributed by atoms with Crippen molar-refractivity contribution in [3.63, 3.8) is 0 Å². The fourth-order valence-corrected chi connectivity index (χ4v) is 2.84. The Kier molecular flexibility index (Phi) is 4.04. The van der Waals surface area contributed by atoms with Crippen molar-refractivity contribution in [3.05, 3.63) is 0 Å². The van der Waals surface area contributed by atoms with E-state index in [4.69, 9.17) is 4.74 Å². The van der Waals surface area contributed by atoms with Gasteiger partial charge in [-0.15, -0.1) is 0 Å². The lowest BCUT2D eigenvalue weighted by Crippen LogP contribution is -2.47. The Labute approximate surface area is 93.8 Å². The fraction of sp³-hybridized carbons (Fsp3) is 1.00. The van der Waals surface area contributed by atoms with Crippen LogP contribution in [0.15, 0.2) is 0 Å². The third kappa shape index (κ3) is 3.46. The van der Waals surface area contributed by atoms with Gasteiger partial charge in [0.05, 0.1) is 6.10 Å². The lowest BCUT2D eigenvalue weighted by molar-refractivity contribution is 0.0109. The first-order valence-corrected chi connectivity index (χ1v) is 6.65. The standard InChI is InChI=1S/C13H25NO/c1-13(8-4-2-5-9-13)14-11-12-7-3-6-10-15-12/h12,14H,2-11H2,1H3. The summed E-state index contributed by atoms with van der Waals surface area (Å²) in [6, 6.07) is 0. The fourth-order valence-electron chi connectivity index (χ4n) is 2.84. The lowest BCUT2D eigenvalue weighted by Gasteiger charge is -2.36. The molecule has 1 unspecified atom stereocenters. The minimum absolute atomic E-state index is 0.402. The molecule has 0 aromatic heterocycles. The van der Waals surface area contributed by atoms with Crippen LogP contribution >= 0.6 is 0 Å².